The van der Waals surface area contributed by atoms with Crippen molar-refractivity contribution in [2.24, 2.45) is 5.41 Å². The quantitative estimate of drug-likeness (QED) is 0.176. The number of fused-ring (bicyclic) bond motifs is 5. The molecule has 1 aliphatic carbocycles. The van der Waals surface area contributed by atoms with Crippen LogP contribution in [0, 0.1) is 11.2 Å². The second-order valence-corrected chi connectivity index (χ2v) is 14.7. The number of nitrogens with one attached hydrogen (secondary N) is 1. The number of hydrogen-bond donors (Lipinski definition) is 1. The van der Waals surface area contributed by atoms with Crippen molar-refractivity contribution in [2.75, 3.05) is 5.32 Å². The summed E-state index contributed by atoms with van der Waals surface area (Å²) in [5.74, 6) is -2.63. The summed E-state index contributed by atoms with van der Waals surface area (Å²) < 4.78 is 22.9. The van der Waals surface area contributed by atoms with Gasteiger partial charge in [-0.15, -0.1) is 0 Å². The molecule has 3 aliphatic heterocycles. The molecule has 2 aromatic carbocycles. The number of cyclic esters (lactones) is 1. The summed E-state index contributed by atoms with van der Waals surface area (Å²) in [7, 11) is 0. The third kappa shape index (κ3) is 4.27. The lowest BCUT2D eigenvalue weighted by atomic mass is 9.53. The molecule has 5 unspecified atom stereocenters. The van der Waals surface area contributed by atoms with Gasteiger partial charge in [0.25, 0.3) is 0 Å². The third-order valence-electron chi connectivity index (χ3n) is 11.2. The van der Waals surface area contributed by atoms with E-state index in [1.165, 1.54) is 6.20 Å². The van der Waals surface area contributed by atoms with E-state index in [4.69, 9.17) is 27.9 Å². The van der Waals surface area contributed by atoms with Gasteiger partial charge in [-0.1, -0.05) is 97.7 Å². The van der Waals surface area contributed by atoms with Gasteiger partial charge in [-0.05, 0) is 59.9 Å². The fourth-order valence-electron chi connectivity index (χ4n) is 9.16. The number of amides is 1. The van der Waals surface area contributed by atoms with E-state index in [0.29, 0.717) is 24.1 Å². The van der Waals surface area contributed by atoms with E-state index in [1.54, 1.807) is 18.3 Å². The molecule has 1 saturated carbocycles. The number of morpholine rings is 1. The Kier molecular flexibility index (Phi) is 7.03. The number of anilines is 1. The maximum atomic E-state index is 16.4. The largest absolute Gasteiger partial charge is 0.454 e. The highest BCUT2D eigenvalue weighted by atomic mass is 35.5. The van der Waals surface area contributed by atoms with Crippen LogP contribution in [0.25, 0.3) is 0 Å². The number of aromatic nitrogens is 2. The zero-order valence-corrected chi connectivity index (χ0v) is 27.4. The maximum absolute atomic E-state index is 16.4. The van der Waals surface area contributed by atoms with Crippen LogP contribution in [0.1, 0.15) is 79.8 Å². The Morgan fingerprint density at radius 1 is 0.894 bits per heavy atom. The third-order valence-corrected chi connectivity index (χ3v) is 11.7. The Labute approximate surface area is 282 Å². The van der Waals surface area contributed by atoms with E-state index < -0.39 is 46.8 Å². The lowest BCUT2D eigenvalue weighted by Crippen LogP contribution is -2.64. The number of esters is 1. The monoisotopic (exact) mass is 670 g/mol. The van der Waals surface area contributed by atoms with Gasteiger partial charge >= 0.3 is 5.97 Å². The molecule has 0 radical (unpaired) electrons. The molecule has 3 fully saturated rings. The van der Waals surface area contributed by atoms with Gasteiger partial charge in [-0.3, -0.25) is 14.5 Å². The molecule has 4 aromatic rings. The van der Waals surface area contributed by atoms with Crippen LogP contribution < -0.4 is 5.32 Å². The van der Waals surface area contributed by atoms with E-state index in [1.807, 2.05) is 60.7 Å². The first-order chi connectivity index (χ1) is 22.6. The minimum atomic E-state index is -1.45. The van der Waals surface area contributed by atoms with Crippen molar-refractivity contribution in [3.8, 4) is 0 Å². The van der Waals surface area contributed by atoms with Crippen molar-refractivity contribution in [3.05, 3.63) is 124 Å². The van der Waals surface area contributed by atoms with Crippen LogP contribution in [0.5, 0.6) is 0 Å². The first-order valence-electron chi connectivity index (χ1n) is 16.0. The van der Waals surface area contributed by atoms with Crippen molar-refractivity contribution < 1.29 is 18.7 Å². The van der Waals surface area contributed by atoms with Crippen LogP contribution in [0.15, 0.2) is 85.2 Å². The summed E-state index contributed by atoms with van der Waals surface area (Å²) >= 11 is 12.7. The van der Waals surface area contributed by atoms with E-state index in [-0.39, 0.29) is 27.2 Å². The summed E-state index contributed by atoms with van der Waals surface area (Å²) in [6.07, 6.45) is 5.06. The molecular formula is C37H33Cl2FN4O3. The van der Waals surface area contributed by atoms with E-state index in [9.17, 15) is 4.79 Å². The van der Waals surface area contributed by atoms with Crippen molar-refractivity contribution in [1.29, 1.82) is 0 Å². The summed E-state index contributed by atoms with van der Waals surface area (Å²) in [5, 5.41) is 3.00. The molecule has 0 bridgehead atoms. The molecule has 2 saturated heterocycles. The van der Waals surface area contributed by atoms with Gasteiger partial charge in [0.1, 0.15) is 22.7 Å². The van der Waals surface area contributed by atoms with Gasteiger partial charge < -0.3 is 10.1 Å². The summed E-state index contributed by atoms with van der Waals surface area (Å²) in [6.45, 7) is 4.46. The average molecular weight is 672 g/mol. The molecule has 1 amide bonds. The van der Waals surface area contributed by atoms with Crippen molar-refractivity contribution in [2.45, 2.75) is 74.6 Å². The number of hydrogen-bond acceptors (Lipinski definition) is 6. The van der Waals surface area contributed by atoms with Crippen LogP contribution >= 0.6 is 23.2 Å². The molecule has 1 N–H and O–H groups in total. The normalized spacial score (nSPS) is 29.0. The molecule has 4 aliphatic rings. The predicted molar refractivity (Wildman–Crippen MR) is 177 cm³/mol. The molecule has 47 heavy (non-hydrogen) atoms. The SMILES string of the molecule is CC1(C)CCC2(CC1)N1C(C(=O)OC(c3ccccc3)C1c1ccccc1)C(c1ccnc(Cl)c1F)C21C(=O)Nc2cc(Cl)ncc21. The van der Waals surface area contributed by atoms with Gasteiger partial charge in [0.15, 0.2) is 11.0 Å². The van der Waals surface area contributed by atoms with Gasteiger partial charge in [0.05, 0.1) is 6.04 Å². The van der Waals surface area contributed by atoms with Crippen LogP contribution in [0.3, 0.4) is 0 Å². The van der Waals surface area contributed by atoms with E-state index >= 15 is 9.18 Å². The number of carbonyl (C=O) groups excluding carboxylic acids is 2. The fourth-order valence-corrected chi connectivity index (χ4v) is 9.48. The zero-order chi connectivity index (χ0) is 32.7. The first-order valence-corrected chi connectivity index (χ1v) is 16.7. The summed E-state index contributed by atoms with van der Waals surface area (Å²) in [4.78, 5) is 40.6. The van der Waals surface area contributed by atoms with Crippen LogP contribution in [0.2, 0.25) is 10.3 Å². The topological polar surface area (TPSA) is 84.4 Å². The Morgan fingerprint density at radius 2 is 1.55 bits per heavy atom. The number of nitrogens with zero attached hydrogens (tertiary/aromatic N) is 3. The van der Waals surface area contributed by atoms with Crippen LogP contribution in [-0.4, -0.2) is 38.3 Å². The Bertz CT molecular complexity index is 1900. The number of pyridine rings is 2. The highest BCUT2D eigenvalue weighted by molar-refractivity contribution is 6.30. The summed E-state index contributed by atoms with van der Waals surface area (Å²) in [6, 6.07) is 21.3. The average Bonchev–Trinajstić information content (AvgIpc) is 3.50. The van der Waals surface area contributed by atoms with Gasteiger partial charge in [-0.2, -0.15) is 0 Å². The number of benzene rings is 2. The van der Waals surface area contributed by atoms with Crippen LogP contribution in [0.4, 0.5) is 10.1 Å². The van der Waals surface area contributed by atoms with Gasteiger partial charge in [0, 0.05) is 35.1 Å². The smallest absolute Gasteiger partial charge is 0.324 e. The Morgan fingerprint density at radius 3 is 2.23 bits per heavy atom. The van der Waals surface area contributed by atoms with Crippen LogP contribution in [-0.2, 0) is 19.7 Å². The van der Waals surface area contributed by atoms with Crippen molar-refractivity contribution in [3.63, 3.8) is 0 Å². The zero-order valence-electron chi connectivity index (χ0n) is 25.9. The highest BCUT2D eigenvalue weighted by Crippen LogP contribution is 2.71. The second-order valence-electron chi connectivity index (χ2n) is 14.0. The van der Waals surface area contributed by atoms with E-state index in [2.05, 4.69) is 34.0 Å². The second kappa shape index (κ2) is 10.8. The number of halogens is 3. The molecule has 10 heteroatoms. The lowest BCUT2D eigenvalue weighted by molar-refractivity contribution is -0.184. The van der Waals surface area contributed by atoms with Crippen molar-refractivity contribution in [1.82, 2.24) is 14.9 Å². The highest BCUT2D eigenvalue weighted by Gasteiger charge is 2.79. The molecule has 2 spiro atoms. The molecule has 7 nitrogen and oxygen atoms in total. The molecule has 5 atom stereocenters. The minimum Gasteiger partial charge on any atom is -0.454 e. The lowest BCUT2D eigenvalue weighted by Gasteiger charge is -2.57. The number of rotatable bonds is 3. The Hall–Kier alpha value is -3.85. The van der Waals surface area contributed by atoms with Gasteiger partial charge in [-0.25, -0.2) is 14.4 Å². The Balaban J connectivity index is 1.49. The van der Waals surface area contributed by atoms with Gasteiger partial charge in [0.2, 0.25) is 5.91 Å². The number of ether oxygens (including phenoxy) is 1. The first kappa shape index (κ1) is 30.5. The summed E-state index contributed by atoms with van der Waals surface area (Å²) in [5.41, 5.74) is 0.574. The van der Waals surface area contributed by atoms with Crippen molar-refractivity contribution >= 4 is 40.8 Å². The minimum absolute atomic E-state index is 0.0151. The molecule has 2 aromatic heterocycles. The maximum Gasteiger partial charge on any atom is 0.324 e. The molecule has 240 valence electrons. The van der Waals surface area contributed by atoms with E-state index in [0.717, 1.165) is 24.0 Å². The standard InChI is InChI=1S/C37H33Cl2FN4O3/c1-35(2)14-16-36(17-15-35)37(24-20-42-26(38)19-25(24)43-34(37)46)27(23-13-18-41-32(39)28(23)40)30-33(45)47-31(22-11-7-4-8-12-22)29(44(30)36)21-9-5-3-6-10-21/h3-13,18-20,27,29-31H,14-17H2,1-2H3,(H,43,46). The molecule has 8 rings (SSSR count). The number of carbonyl (C=O) groups is 2. The predicted octanol–water partition coefficient (Wildman–Crippen LogP) is 7.96. The molecular weight excluding hydrogens is 638 g/mol. The fraction of sp³-hybridized carbons (Fsp3) is 0.351. The molecule has 5 heterocycles.